The van der Waals surface area contributed by atoms with Crippen LogP contribution < -0.4 is 29.0 Å². The van der Waals surface area contributed by atoms with E-state index in [4.69, 9.17) is 23.7 Å². The number of fused-ring (bicyclic) bond motifs is 4. The molecule has 1 atom stereocenters. The molecule has 0 saturated heterocycles. The minimum atomic E-state index is 0.221. The Bertz CT molecular complexity index is 908. The molecular weight excluding hydrogens is 334 g/mol. The van der Waals surface area contributed by atoms with E-state index in [-0.39, 0.29) is 6.79 Å². The number of hydrogen-bond donors (Lipinski definition) is 1. The highest BCUT2D eigenvalue weighted by atomic mass is 16.7. The second-order valence-electron chi connectivity index (χ2n) is 6.81. The smallest absolute Gasteiger partial charge is 0.231 e. The summed E-state index contributed by atoms with van der Waals surface area (Å²) in [4.78, 5) is 0. The number of rotatable bonds is 3. The highest BCUT2D eigenvalue weighted by Gasteiger charge is 2.41. The first-order valence-corrected chi connectivity index (χ1v) is 8.87. The molecule has 2 aliphatic heterocycles. The Morgan fingerprint density at radius 1 is 1.00 bits per heavy atom. The average Bonchev–Trinajstić information content (AvgIpc) is 3.16. The Balaban J connectivity index is 1.85. The van der Waals surface area contributed by atoms with E-state index in [0.29, 0.717) is 6.04 Å². The molecule has 136 valence electrons. The van der Waals surface area contributed by atoms with Gasteiger partial charge in [-0.25, -0.2) is 0 Å². The summed E-state index contributed by atoms with van der Waals surface area (Å²) in [7, 11) is 5.04. The third-order valence-corrected chi connectivity index (χ3v) is 5.65. The van der Waals surface area contributed by atoms with Gasteiger partial charge in [-0.3, -0.25) is 0 Å². The number of nitrogens with two attached hydrogens (primary N) is 1. The summed E-state index contributed by atoms with van der Waals surface area (Å²) in [6, 6.07) is 4.50. The monoisotopic (exact) mass is 356 g/mol. The molecule has 0 bridgehead atoms. The molecule has 0 fully saturated rings. The summed E-state index contributed by atoms with van der Waals surface area (Å²) < 4.78 is 28.5. The Morgan fingerprint density at radius 3 is 2.54 bits per heavy atom. The van der Waals surface area contributed by atoms with Crippen LogP contribution in [0.1, 0.15) is 22.7 Å². The molecule has 5 rings (SSSR count). The average molecular weight is 356 g/mol. The van der Waals surface area contributed by atoms with Gasteiger partial charge in [-0.2, -0.15) is 0 Å². The van der Waals surface area contributed by atoms with Crippen LogP contribution in [0.3, 0.4) is 0 Å². The lowest BCUT2D eigenvalue weighted by molar-refractivity contribution is -0.698. The molecule has 0 spiro atoms. The van der Waals surface area contributed by atoms with E-state index in [9.17, 15) is 0 Å². The van der Waals surface area contributed by atoms with Crippen LogP contribution in [-0.4, -0.2) is 34.7 Å². The normalized spacial score (nSPS) is 18.8. The molecule has 6 nitrogen and oxygen atoms in total. The molecule has 0 amide bonds. The van der Waals surface area contributed by atoms with Gasteiger partial charge in [-0.1, -0.05) is 0 Å². The van der Waals surface area contributed by atoms with Crippen molar-refractivity contribution in [2.24, 2.45) is 0 Å². The molecule has 0 unspecified atom stereocenters. The molecule has 0 radical (unpaired) electrons. The molecule has 1 aliphatic carbocycles. The van der Waals surface area contributed by atoms with E-state index < -0.39 is 0 Å². The van der Waals surface area contributed by atoms with Gasteiger partial charge in [0.1, 0.15) is 6.04 Å². The first kappa shape index (κ1) is 15.6. The van der Waals surface area contributed by atoms with Crippen molar-refractivity contribution in [3.8, 4) is 39.9 Å². The van der Waals surface area contributed by atoms with Gasteiger partial charge in [0.25, 0.3) is 0 Å². The molecule has 2 heterocycles. The minimum Gasteiger partial charge on any atom is -0.493 e. The third-order valence-electron chi connectivity index (χ3n) is 5.65. The van der Waals surface area contributed by atoms with Gasteiger partial charge >= 0.3 is 0 Å². The number of hydrogen-bond acceptors (Lipinski definition) is 5. The highest BCUT2D eigenvalue weighted by molar-refractivity contribution is 5.87. The van der Waals surface area contributed by atoms with Gasteiger partial charge in [-0.15, -0.1) is 0 Å². The van der Waals surface area contributed by atoms with Gasteiger partial charge in [0.2, 0.25) is 12.5 Å². The SMILES string of the molecule is COc1cc2c(cc1OC)-c1c3c(c(OC)c4c1[C@@H](C2)[NH2+]CC4)OCO3. The highest BCUT2D eigenvalue weighted by Crippen LogP contribution is 2.57. The zero-order valence-corrected chi connectivity index (χ0v) is 15.2. The largest absolute Gasteiger partial charge is 0.493 e. The van der Waals surface area contributed by atoms with Crippen LogP contribution in [0.15, 0.2) is 12.1 Å². The lowest BCUT2D eigenvalue weighted by Gasteiger charge is -2.33. The molecule has 26 heavy (non-hydrogen) atoms. The number of ether oxygens (including phenoxy) is 5. The molecule has 0 saturated carbocycles. The van der Waals surface area contributed by atoms with Crippen LogP contribution in [-0.2, 0) is 12.8 Å². The van der Waals surface area contributed by atoms with E-state index in [1.54, 1.807) is 21.3 Å². The fraction of sp³-hybridized carbons (Fsp3) is 0.400. The fourth-order valence-electron chi connectivity index (χ4n) is 4.60. The lowest BCUT2D eigenvalue weighted by Crippen LogP contribution is -2.87. The summed E-state index contributed by atoms with van der Waals surface area (Å²) in [6.45, 7) is 1.26. The number of benzene rings is 2. The predicted octanol–water partition coefficient (Wildman–Crippen LogP) is 1.82. The van der Waals surface area contributed by atoms with Crippen molar-refractivity contribution in [2.45, 2.75) is 18.9 Å². The molecule has 2 aromatic rings. The van der Waals surface area contributed by atoms with Crippen LogP contribution in [0.5, 0.6) is 28.7 Å². The van der Waals surface area contributed by atoms with Crippen LogP contribution in [0.4, 0.5) is 0 Å². The van der Waals surface area contributed by atoms with Crippen molar-refractivity contribution in [3.05, 3.63) is 28.8 Å². The van der Waals surface area contributed by atoms with Crippen molar-refractivity contribution in [1.29, 1.82) is 0 Å². The van der Waals surface area contributed by atoms with Gasteiger partial charge in [0, 0.05) is 29.5 Å². The van der Waals surface area contributed by atoms with E-state index in [1.807, 2.05) is 0 Å². The Hall–Kier alpha value is -2.60. The van der Waals surface area contributed by atoms with Crippen molar-refractivity contribution in [3.63, 3.8) is 0 Å². The van der Waals surface area contributed by atoms with E-state index >= 15 is 0 Å². The maximum absolute atomic E-state index is 5.91. The van der Waals surface area contributed by atoms with E-state index in [0.717, 1.165) is 59.3 Å². The van der Waals surface area contributed by atoms with Crippen LogP contribution in [0, 0.1) is 0 Å². The Kier molecular flexibility index (Phi) is 3.43. The molecule has 0 aromatic heterocycles. The molecule has 2 aromatic carbocycles. The third kappa shape index (κ3) is 1.96. The zero-order chi connectivity index (χ0) is 17.8. The summed E-state index contributed by atoms with van der Waals surface area (Å²) in [5.74, 6) is 3.83. The van der Waals surface area contributed by atoms with Gasteiger partial charge < -0.3 is 29.0 Å². The minimum absolute atomic E-state index is 0.221. The van der Waals surface area contributed by atoms with Gasteiger partial charge in [0.05, 0.1) is 27.9 Å². The molecule has 2 N–H and O–H groups in total. The maximum Gasteiger partial charge on any atom is 0.231 e. The first-order chi connectivity index (χ1) is 12.8. The summed E-state index contributed by atoms with van der Waals surface area (Å²) >= 11 is 0. The molecule has 3 aliphatic rings. The van der Waals surface area contributed by atoms with E-state index in [1.165, 1.54) is 16.7 Å². The Morgan fingerprint density at radius 2 is 1.77 bits per heavy atom. The van der Waals surface area contributed by atoms with Crippen molar-refractivity contribution >= 4 is 0 Å². The molecule has 6 heteroatoms. The van der Waals surface area contributed by atoms with Crippen molar-refractivity contribution < 1.29 is 29.0 Å². The number of quaternary nitrogens is 1. The molecular formula is C20H22NO5+. The van der Waals surface area contributed by atoms with Crippen molar-refractivity contribution in [2.75, 3.05) is 34.7 Å². The second kappa shape index (κ2) is 5.71. The summed E-state index contributed by atoms with van der Waals surface area (Å²) in [6.07, 6.45) is 1.90. The predicted molar refractivity (Wildman–Crippen MR) is 94.6 cm³/mol. The summed E-state index contributed by atoms with van der Waals surface area (Å²) in [5, 5.41) is 2.41. The van der Waals surface area contributed by atoms with Crippen LogP contribution >= 0.6 is 0 Å². The first-order valence-electron chi connectivity index (χ1n) is 8.87. The topological polar surface area (TPSA) is 62.8 Å². The lowest BCUT2D eigenvalue weighted by atomic mass is 9.76. The standard InChI is InChI=1S/C20H21NO5/c1-22-14-7-10-6-13-16-11(4-5-21-13)18(24-3)20-19(25-9-26-20)17(16)12(10)8-15(14)23-2/h7-8,13,21H,4-6,9H2,1-3H3/p+1/t13-/m1/s1. The second-order valence-corrected chi connectivity index (χ2v) is 6.81. The quantitative estimate of drug-likeness (QED) is 0.909. The maximum atomic E-state index is 5.91. The number of methoxy groups -OCH3 is 3. The zero-order valence-electron chi connectivity index (χ0n) is 15.2. The van der Waals surface area contributed by atoms with Crippen LogP contribution in [0.2, 0.25) is 0 Å². The van der Waals surface area contributed by atoms with Gasteiger partial charge in [-0.05, 0) is 23.3 Å². The van der Waals surface area contributed by atoms with Crippen LogP contribution in [0.25, 0.3) is 11.1 Å². The Labute approximate surface area is 152 Å². The summed E-state index contributed by atoms with van der Waals surface area (Å²) in [5.41, 5.74) is 6.06. The van der Waals surface area contributed by atoms with E-state index in [2.05, 4.69) is 17.4 Å². The fourth-order valence-corrected chi connectivity index (χ4v) is 4.60. The van der Waals surface area contributed by atoms with Gasteiger partial charge in [0.15, 0.2) is 23.0 Å². The van der Waals surface area contributed by atoms with Crippen molar-refractivity contribution in [1.82, 2.24) is 0 Å².